The number of ether oxygens (including phenoxy) is 2. The number of nitrogens with zero attached hydrogens (tertiary/aromatic N) is 3. The van der Waals surface area contributed by atoms with Crippen LogP contribution in [0.4, 0.5) is 5.82 Å². The van der Waals surface area contributed by atoms with Gasteiger partial charge in [-0.15, -0.1) is 11.3 Å². The SMILES string of the molecule is COc1cc2c(cc1OC)CN(c1nc(C)nc3sc4c(c13)CCCC4)CC2. The molecule has 0 N–H and O–H groups in total. The fraction of sp³-hybridized carbons (Fsp3) is 0.455. The average Bonchev–Trinajstić information content (AvgIpc) is 3.09. The fourth-order valence-electron chi connectivity index (χ4n) is 4.53. The monoisotopic (exact) mass is 395 g/mol. The first-order valence-electron chi connectivity index (χ1n) is 9.95. The second-order valence-electron chi connectivity index (χ2n) is 7.63. The molecule has 5 rings (SSSR count). The standard InChI is InChI=1S/C22H25N3O2S/c1-13-23-21(20-16-6-4-5-7-19(16)28-22(20)24-13)25-9-8-14-10-17(26-2)18(27-3)11-15(14)12-25/h10-11H,4-9,12H2,1-3H3. The van der Waals surface area contributed by atoms with Crippen molar-refractivity contribution in [3.63, 3.8) is 0 Å². The molecule has 28 heavy (non-hydrogen) atoms. The van der Waals surface area contributed by atoms with Crippen LogP contribution in [0.3, 0.4) is 0 Å². The highest BCUT2D eigenvalue weighted by Gasteiger charge is 2.26. The lowest BCUT2D eigenvalue weighted by Crippen LogP contribution is -2.31. The molecule has 0 radical (unpaired) electrons. The predicted molar refractivity (Wildman–Crippen MR) is 113 cm³/mol. The van der Waals surface area contributed by atoms with Crippen molar-refractivity contribution in [3.05, 3.63) is 39.5 Å². The van der Waals surface area contributed by atoms with E-state index in [-0.39, 0.29) is 0 Å². The number of rotatable bonds is 3. The summed E-state index contributed by atoms with van der Waals surface area (Å²) in [5, 5.41) is 1.30. The van der Waals surface area contributed by atoms with Crippen LogP contribution in [0, 0.1) is 6.92 Å². The Labute approximate surface area is 169 Å². The normalized spacial score (nSPS) is 16.0. The summed E-state index contributed by atoms with van der Waals surface area (Å²) >= 11 is 1.87. The summed E-state index contributed by atoms with van der Waals surface area (Å²) in [5.74, 6) is 3.57. The molecule has 146 valence electrons. The van der Waals surface area contributed by atoms with Gasteiger partial charge in [0.1, 0.15) is 16.5 Å². The number of thiophene rings is 1. The van der Waals surface area contributed by atoms with Crippen LogP contribution >= 0.6 is 11.3 Å². The molecule has 0 bridgehead atoms. The molecule has 3 aromatic rings. The van der Waals surface area contributed by atoms with Crippen molar-refractivity contribution in [1.82, 2.24) is 9.97 Å². The number of hydrogen-bond acceptors (Lipinski definition) is 6. The zero-order valence-electron chi connectivity index (χ0n) is 16.7. The Morgan fingerprint density at radius 2 is 1.71 bits per heavy atom. The van der Waals surface area contributed by atoms with Gasteiger partial charge in [0.2, 0.25) is 0 Å². The summed E-state index contributed by atoms with van der Waals surface area (Å²) in [4.78, 5) is 14.8. The lowest BCUT2D eigenvalue weighted by Gasteiger charge is -2.31. The predicted octanol–water partition coefficient (Wildman–Crippen LogP) is 4.46. The molecule has 1 aromatic carbocycles. The van der Waals surface area contributed by atoms with Gasteiger partial charge >= 0.3 is 0 Å². The van der Waals surface area contributed by atoms with Gasteiger partial charge in [0.05, 0.1) is 19.6 Å². The lowest BCUT2D eigenvalue weighted by atomic mass is 9.95. The molecule has 0 atom stereocenters. The van der Waals surface area contributed by atoms with E-state index in [1.807, 2.05) is 18.3 Å². The number of hydrogen-bond donors (Lipinski definition) is 0. The van der Waals surface area contributed by atoms with Crippen molar-refractivity contribution < 1.29 is 9.47 Å². The maximum absolute atomic E-state index is 5.53. The fourth-order valence-corrected chi connectivity index (χ4v) is 5.84. The second-order valence-corrected chi connectivity index (χ2v) is 8.72. The van der Waals surface area contributed by atoms with Crippen LogP contribution in [0.1, 0.15) is 40.2 Å². The molecule has 0 saturated carbocycles. The summed E-state index contributed by atoms with van der Waals surface area (Å²) in [6, 6.07) is 4.24. The zero-order chi connectivity index (χ0) is 19.3. The summed E-state index contributed by atoms with van der Waals surface area (Å²) in [5.41, 5.74) is 4.13. The number of fused-ring (bicyclic) bond motifs is 4. The number of benzene rings is 1. The summed E-state index contributed by atoms with van der Waals surface area (Å²) < 4.78 is 11.0. The van der Waals surface area contributed by atoms with Crippen molar-refractivity contribution >= 4 is 27.4 Å². The van der Waals surface area contributed by atoms with E-state index in [1.54, 1.807) is 14.2 Å². The molecule has 0 unspecified atom stereocenters. The van der Waals surface area contributed by atoms with Crippen LogP contribution < -0.4 is 14.4 Å². The Kier molecular flexibility index (Phi) is 4.38. The first kappa shape index (κ1) is 17.7. The molecular weight excluding hydrogens is 370 g/mol. The average molecular weight is 396 g/mol. The lowest BCUT2D eigenvalue weighted by molar-refractivity contribution is 0.353. The van der Waals surface area contributed by atoms with Gasteiger partial charge in [-0.3, -0.25) is 0 Å². The van der Waals surface area contributed by atoms with Gasteiger partial charge in [0.15, 0.2) is 11.5 Å². The second kappa shape index (κ2) is 6.92. The number of anilines is 1. The minimum atomic E-state index is 0.792. The highest BCUT2D eigenvalue weighted by Crippen LogP contribution is 2.41. The van der Waals surface area contributed by atoms with Gasteiger partial charge in [-0.05, 0) is 67.9 Å². The number of aromatic nitrogens is 2. The molecule has 5 nitrogen and oxygen atoms in total. The van der Waals surface area contributed by atoms with E-state index in [4.69, 9.17) is 19.4 Å². The molecule has 1 aliphatic heterocycles. The Morgan fingerprint density at radius 3 is 2.50 bits per heavy atom. The molecule has 2 aromatic heterocycles. The van der Waals surface area contributed by atoms with Crippen molar-refractivity contribution in [2.24, 2.45) is 0 Å². The molecule has 0 fully saturated rings. The van der Waals surface area contributed by atoms with Crippen LogP contribution in [0.15, 0.2) is 12.1 Å². The van der Waals surface area contributed by atoms with Gasteiger partial charge in [-0.1, -0.05) is 0 Å². The highest BCUT2D eigenvalue weighted by atomic mass is 32.1. The van der Waals surface area contributed by atoms with Crippen molar-refractivity contribution in [2.45, 2.75) is 45.6 Å². The van der Waals surface area contributed by atoms with Gasteiger partial charge < -0.3 is 14.4 Å². The highest BCUT2D eigenvalue weighted by molar-refractivity contribution is 7.19. The van der Waals surface area contributed by atoms with Crippen LogP contribution in [0.2, 0.25) is 0 Å². The zero-order valence-corrected chi connectivity index (χ0v) is 17.5. The van der Waals surface area contributed by atoms with E-state index >= 15 is 0 Å². The summed E-state index contributed by atoms with van der Waals surface area (Å²) in [7, 11) is 3.39. The van der Waals surface area contributed by atoms with Gasteiger partial charge in [0.25, 0.3) is 0 Å². The van der Waals surface area contributed by atoms with Crippen molar-refractivity contribution in [3.8, 4) is 11.5 Å². The molecule has 6 heteroatoms. The molecule has 2 aliphatic rings. The molecular formula is C22H25N3O2S. The largest absolute Gasteiger partial charge is 0.493 e. The van der Waals surface area contributed by atoms with E-state index in [0.717, 1.165) is 53.9 Å². The third-order valence-corrected chi connectivity index (χ3v) is 7.11. The minimum Gasteiger partial charge on any atom is -0.493 e. The first-order chi connectivity index (χ1) is 13.7. The number of methoxy groups -OCH3 is 2. The maximum Gasteiger partial charge on any atom is 0.161 e. The van der Waals surface area contributed by atoms with Crippen molar-refractivity contribution in [1.29, 1.82) is 0 Å². The Hall–Kier alpha value is -2.34. The van der Waals surface area contributed by atoms with Crippen LogP contribution in [0.5, 0.6) is 11.5 Å². The Bertz CT molecular complexity index is 1060. The van der Waals surface area contributed by atoms with Crippen LogP contribution in [0.25, 0.3) is 10.2 Å². The van der Waals surface area contributed by atoms with E-state index in [9.17, 15) is 0 Å². The van der Waals surface area contributed by atoms with E-state index in [1.165, 1.54) is 46.2 Å². The molecule has 1 aliphatic carbocycles. The Morgan fingerprint density at radius 1 is 0.964 bits per heavy atom. The van der Waals surface area contributed by atoms with Crippen LogP contribution in [-0.4, -0.2) is 30.7 Å². The molecule has 0 amide bonds. The van der Waals surface area contributed by atoms with Gasteiger partial charge in [-0.25, -0.2) is 9.97 Å². The molecule has 0 saturated heterocycles. The van der Waals surface area contributed by atoms with Crippen molar-refractivity contribution in [2.75, 3.05) is 25.7 Å². The summed E-state index contributed by atoms with van der Waals surface area (Å²) in [6.45, 7) is 3.80. The molecule has 0 spiro atoms. The quantitative estimate of drug-likeness (QED) is 0.655. The van der Waals surface area contributed by atoms with Gasteiger partial charge in [0, 0.05) is 18.0 Å². The number of aryl methyl sites for hydroxylation is 3. The van der Waals surface area contributed by atoms with E-state index in [0.29, 0.717) is 0 Å². The third kappa shape index (κ3) is 2.82. The maximum atomic E-state index is 5.53. The van der Waals surface area contributed by atoms with Gasteiger partial charge in [-0.2, -0.15) is 0 Å². The minimum absolute atomic E-state index is 0.792. The topological polar surface area (TPSA) is 47.5 Å². The smallest absolute Gasteiger partial charge is 0.161 e. The van der Waals surface area contributed by atoms with E-state index in [2.05, 4.69) is 17.0 Å². The first-order valence-corrected chi connectivity index (χ1v) is 10.8. The molecule has 3 heterocycles. The third-order valence-electron chi connectivity index (χ3n) is 5.92. The summed E-state index contributed by atoms with van der Waals surface area (Å²) in [6.07, 6.45) is 5.89. The van der Waals surface area contributed by atoms with Crippen LogP contribution in [-0.2, 0) is 25.8 Å². The van der Waals surface area contributed by atoms with E-state index < -0.39 is 0 Å². The Balaban J connectivity index is 1.59.